The Kier molecular flexibility index (Phi) is 3.90. The molecule has 1 spiro atoms. The van der Waals surface area contributed by atoms with Crippen molar-refractivity contribution in [2.24, 2.45) is 14.1 Å². The van der Waals surface area contributed by atoms with Gasteiger partial charge in [0.15, 0.2) is 4.91 Å². The number of ether oxygens (including phenoxy) is 1. The van der Waals surface area contributed by atoms with Gasteiger partial charge in [0.25, 0.3) is 5.56 Å². The maximum absolute atomic E-state index is 12.9. The minimum absolute atomic E-state index is 0.188. The minimum Gasteiger partial charge on any atom is -0.859 e. The van der Waals surface area contributed by atoms with Crippen molar-refractivity contribution in [3.05, 3.63) is 31.3 Å². The molecule has 1 aromatic rings. The molecule has 9 nitrogen and oxygen atoms in total. The number of carbonyl (C=O) groups excluding carboxylic acids is 1. The molecule has 2 aliphatic rings. The first-order chi connectivity index (χ1) is 11.6. The number of aromatic nitrogens is 2. The van der Waals surface area contributed by atoms with E-state index in [1.165, 1.54) is 0 Å². The molecule has 3 rings (SSSR count). The lowest BCUT2D eigenvalue weighted by Crippen LogP contribution is -2.40. The first-order valence-electron chi connectivity index (χ1n) is 7.79. The molecular formula is C15H17N2O7S-. The van der Waals surface area contributed by atoms with Gasteiger partial charge in [-0.25, -0.2) is 18.0 Å². The van der Waals surface area contributed by atoms with Gasteiger partial charge in [-0.15, -0.1) is 0 Å². The molecule has 1 aliphatic carbocycles. The van der Waals surface area contributed by atoms with Gasteiger partial charge in [-0.05, 0) is 24.8 Å². The Morgan fingerprint density at radius 1 is 1.08 bits per heavy atom. The summed E-state index contributed by atoms with van der Waals surface area (Å²) >= 11 is 0. The summed E-state index contributed by atoms with van der Waals surface area (Å²) in [5, 5.41) is 12.2. The Balaban J connectivity index is 2.23. The lowest BCUT2D eigenvalue weighted by atomic mass is 9.97. The summed E-state index contributed by atoms with van der Waals surface area (Å²) in [6.07, 6.45) is 3.18. The van der Waals surface area contributed by atoms with Gasteiger partial charge >= 0.3 is 11.7 Å². The molecule has 1 saturated carbocycles. The van der Waals surface area contributed by atoms with Crippen LogP contribution < -0.4 is 16.4 Å². The third-order valence-electron chi connectivity index (χ3n) is 4.79. The van der Waals surface area contributed by atoms with Gasteiger partial charge in [0.2, 0.25) is 14.8 Å². The van der Waals surface area contributed by atoms with Crippen LogP contribution >= 0.6 is 0 Å². The molecular weight excluding hydrogens is 352 g/mol. The second kappa shape index (κ2) is 5.58. The number of carbonyl (C=O) groups is 1. The third-order valence-corrected chi connectivity index (χ3v) is 7.13. The smallest absolute Gasteiger partial charge is 0.351 e. The second-order valence-corrected chi connectivity index (χ2v) is 8.49. The van der Waals surface area contributed by atoms with Crippen LogP contribution in [0.15, 0.2) is 14.5 Å². The second-order valence-electron chi connectivity index (χ2n) is 6.30. The zero-order valence-electron chi connectivity index (χ0n) is 13.8. The highest BCUT2D eigenvalue weighted by atomic mass is 32.2. The fourth-order valence-electron chi connectivity index (χ4n) is 3.29. The monoisotopic (exact) mass is 369 g/mol. The van der Waals surface area contributed by atoms with Crippen LogP contribution in [0.5, 0.6) is 5.88 Å². The molecule has 0 atom stereocenters. The van der Waals surface area contributed by atoms with Crippen molar-refractivity contribution in [3.8, 4) is 5.88 Å². The van der Waals surface area contributed by atoms with Gasteiger partial charge in [-0.2, -0.15) is 0 Å². The summed E-state index contributed by atoms with van der Waals surface area (Å²) in [5.74, 6) is -2.04. The van der Waals surface area contributed by atoms with Crippen molar-refractivity contribution in [2.45, 2.75) is 37.0 Å². The number of rotatable bonds is 1. The average Bonchev–Trinajstić information content (AvgIpc) is 2.75. The van der Waals surface area contributed by atoms with Crippen molar-refractivity contribution in [1.29, 1.82) is 0 Å². The number of nitrogens with zero attached hydrogens (tertiary/aromatic N) is 2. The molecule has 10 heteroatoms. The maximum Gasteiger partial charge on any atom is 0.351 e. The molecule has 0 amide bonds. The molecule has 0 aromatic carbocycles. The van der Waals surface area contributed by atoms with Gasteiger partial charge in [0.05, 0.1) is 5.56 Å². The molecule has 136 valence electrons. The van der Waals surface area contributed by atoms with Crippen LogP contribution in [0.4, 0.5) is 0 Å². The largest absolute Gasteiger partial charge is 0.859 e. The summed E-state index contributed by atoms with van der Waals surface area (Å²) in [4.78, 5) is 33.8. The topological polar surface area (TPSA) is 128 Å². The standard InChI is InChI=1S/C15H18N2O7S/c1-16-11(18)9(12(19)17(2)14(16)21)8-10-13(20)24-15(25(10,22)23)6-4-3-5-7-15/h8,18H,3-7H2,1-2H3/p-1. The van der Waals surface area contributed by atoms with Crippen LogP contribution in [0.25, 0.3) is 6.08 Å². The number of esters is 1. The molecule has 2 heterocycles. The van der Waals surface area contributed by atoms with Crippen LogP contribution in [0.3, 0.4) is 0 Å². The predicted molar refractivity (Wildman–Crippen MR) is 85.2 cm³/mol. The van der Waals surface area contributed by atoms with E-state index in [1.807, 2.05) is 0 Å². The van der Waals surface area contributed by atoms with Crippen LogP contribution in [0, 0.1) is 0 Å². The van der Waals surface area contributed by atoms with E-state index in [9.17, 15) is 27.9 Å². The minimum atomic E-state index is -4.15. The molecule has 0 unspecified atom stereocenters. The number of hydrogen-bond donors (Lipinski definition) is 0. The van der Waals surface area contributed by atoms with Crippen LogP contribution in [-0.4, -0.2) is 28.5 Å². The zero-order valence-corrected chi connectivity index (χ0v) is 14.6. The van der Waals surface area contributed by atoms with E-state index in [2.05, 4.69) is 0 Å². The van der Waals surface area contributed by atoms with Crippen molar-refractivity contribution in [3.63, 3.8) is 0 Å². The predicted octanol–water partition coefficient (Wildman–Crippen LogP) is -0.869. The quantitative estimate of drug-likeness (QED) is 0.465. The van der Waals surface area contributed by atoms with Gasteiger partial charge in [0, 0.05) is 26.9 Å². The fourth-order valence-corrected chi connectivity index (χ4v) is 5.23. The van der Waals surface area contributed by atoms with E-state index in [4.69, 9.17) is 4.74 Å². The molecule has 1 aliphatic heterocycles. The summed E-state index contributed by atoms with van der Waals surface area (Å²) in [6.45, 7) is 0. The highest BCUT2D eigenvalue weighted by molar-refractivity contribution is 7.98. The van der Waals surface area contributed by atoms with Gasteiger partial charge < -0.3 is 14.4 Å². The Morgan fingerprint density at radius 3 is 2.28 bits per heavy atom. The summed E-state index contributed by atoms with van der Waals surface area (Å²) in [5.41, 5.74) is -2.36. The summed E-state index contributed by atoms with van der Waals surface area (Å²) in [6, 6.07) is 0. The molecule has 25 heavy (non-hydrogen) atoms. The lowest BCUT2D eigenvalue weighted by molar-refractivity contribution is -0.280. The first kappa shape index (κ1) is 17.5. The van der Waals surface area contributed by atoms with E-state index in [0.29, 0.717) is 22.0 Å². The first-order valence-corrected chi connectivity index (χ1v) is 9.27. The Hall–Kier alpha value is -2.36. The van der Waals surface area contributed by atoms with Gasteiger partial charge in [0.1, 0.15) is 0 Å². The number of hydrogen-bond acceptors (Lipinski definition) is 7. The molecule has 0 bridgehead atoms. The van der Waals surface area contributed by atoms with Crippen LogP contribution in [-0.2, 0) is 33.5 Å². The Bertz CT molecular complexity index is 1010. The maximum atomic E-state index is 12.9. The average molecular weight is 369 g/mol. The van der Waals surface area contributed by atoms with Crippen molar-refractivity contribution in [1.82, 2.24) is 9.13 Å². The van der Waals surface area contributed by atoms with Crippen molar-refractivity contribution < 1.29 is 23.1 Å². The van der Waals surface area contributed by atoms with E-state index >= 15 is 0 Å². The van der Waals surface area contributed by atoms with E-state index in [1.54, 1.807) is 0 Å². The van der Waals surface area contributed by atoms with Crippen LogP contribution in [0.1, 0.15) is 37.7 Å². The number of sulfone groups is 1. The van der Waals surface area contributed by atoms with E-state index in [0.717, 1.165) is 26.6 Å². The van der Waals surface area contributed by atoms with E-state index < -0.39 is 48.3 Å². The van der Waals surface area contributed by atoms with Gasteiger partial charge in [-0.1, -0.05) is 6.42 Å². The Labute approximate surface area is 143 Å². The summed E-state index contributed by atoms with van der Waals surface area (Å²) < 4.78 is 32.2. The Morgan fingerprint density at radius 2 is 1.68 bits per heavy atom. The SMILES string of the molecule is Cn1c([O-])c(C=C2C(=O)OC3(CCCCC3)S2(=O)=O)c(=O)n(C)c1=O. The van der Waals surface area contributed by atoms with Crippen molar-refractivity contribution in [2.75, 3.05) is 0 Å². The third kappa shape index (κ3) is 2.35. The highest BCUT2D eigenvalue weighted by Crippen LogP contribution is 2.45. The lowest BCUT2D eigenvalue weighted by Gasteiger charge is -2.29. The van der Waals surface area contributed by atoms with Crippen LogP contribution in [0.2, 0.25) is 0 Å². The molecule has 1 saturated heterocycles. The zero-order chi connectivity index (χ0) is 18.6. The molecule has 2 fully saturated rings. The van der Waals surface area contributed by atoms with Gasteiger partial charge in [-0.3, -0.25) is 9.36 Å². The normalized spacial score (nSPS) is 23.1. The fraction of sp³-hybridized carbons (Fsp3) is 0.533. The molecule has 1 aromatic heterocycles. The summed E-state index contributed by atoms with van der Waals surface area (Å²) in [7, 11) is -1.83. The highest BCUT2D eigenvalue weighted by Gasteiger charge is 2.57. The van der Waals surface area contributed by atoms with E-state index in [-0.39, 0.29) is 12.8 Å². The molecule has 0 N–H and O–H groups in total. The van der Waals surface area contributed by atoms with Crippen molar-refractivity contribution >= 4 is 21.9 Å². The molecule has 0 radical (unpaired) electrons.